The van der Waals surface area contributed by atoms with Gasteiger partial charge < -0.3 is 144 Å². The van der Waals surface area contributed by atoms with Gasteiger partial charge in [0.2, 0.25) is 118 Å². The van der Waals surface area contributed by atoms with Crippen molar-refractivity contribution in [1.82, 2.24) is 101 Å². The summed E-state index contributed by atoms with van der Waals surface area (Å²) in [5.74, 6) is -30.3. The minimum Gasteiger partial charge on any atom is -0.479 e. The Kier molecular flexibility index (Phi) is 45.0. The molecule has 20 unspecified atom stereocenters. The summed E-state index contributed by atoms with van der Waals surface area (Å²) < 4.78 is 0. The highest BCUT2D eigenvalue weighted by molar-refractivity contribution is 8.00. The molecule has 3 aromatic carbocycles. The summed E-state index contributed by atoms with van der Waals surface area (Å²) in [7, 11) is 0. The van der Waals surface area contributed by atoms with Crippen LogP contribution in [0.4, 0.5) is 0 Å². The lowest BCUT2D eigenvalue weighted by Gasteiger charge is -2.32. The molecule has 20 atom stereocenters. The topological polar surface area (TPSA) is 763 Å². The molecule has 5 aliphatic rings. The molecule has 5 saturated heterocycles. The summed E-state index contributed by atoms with van der Waals surface area (Å²) in [6.07, 6.45) is -8.78. The van der Waals surface area contributed by atoms with E-state index in [9.17, 15) is 68.4 Å². The van der Waals surface area contributed by atoms with Crippen molar-refractivity contribution >= 4 is 159 Å². The molecule has 140 heavy (non-hydrogen) atoms. The second kappa shape index (κ2) is 56.0. The third-order valence-corrected chi connectivity index (χ3v) is 27.4. The van der Waals surface area contributed by atoms with Crippen LogP contribution in [0.25, 0.3) is 0 Å². The Morgan fingerprint density at radius 1 is 0.436 bits per heavy atom. The zero-order valence-corrected chi connectivity index (χ0v) is 80.1. The number of unbranched alkanes of at least 4 members (excludes halogenated alkanes) is 1. The number of thioether (sulfide) groups is 3. The number of aliphatic hydroxyl groups excluding tert-OH is 2. The van der Waals surface area contributed by atoms with Crippen LogP contribution in [0.15, 0.2) is 91.0 Å². The summed E-state index contributed by atoms with van der Waals surface area (Å²) in [5.41, 5.74) is 25.0. The van der Waals surface area contributed by atoms with Crippen molar-refractivity contribution in [2.45, 2.75) is 243 Å². The number of benzene rings is 3. The highest BCUT2D eigenvalue weighted by atomic mass is 32.2. The quantitative estimate of drug-likeness (QED) is 0.0301. The van der Waals surface area contributed by atoms with Gasteiger partial charge in [-0.2, -0.15) is 35.3 Å². The van der Waals surface area contributed by atoms with Crippen molar-refractivity contribution < 1.29 is 121 Å². The number of carbonyl (C=O) groups is 21. The van der Waals surface area contributed by atoms with Crippen LogP contribution in [0.2, 0.25) is 0 Å². The Morgan fingerprint density at radius 3 is 1.45 bits per heavy atom. The van der Waals surface area contributed by atoms with Gasteiger partial charge in [-0.3, -0.25) is 95.9 Å². The molecule has 5 aliphatic heterocycles. The van der Waals surface area contributed by atoms with Crippen LogP contribution in [-0.2, 0) is 120 Å². The number of aliphatic carboxylic acids is 1. The van der Waals surface area contributed by atoms with Crippen molar-refractivity contribution in [3.05, 3.63) is 108 Å². The molecule has 0 spiro atoms. The molecular formula is C89H127N23O25S3. The smallest absolute Gasteiger partial charge is 0.335 e. The minimum atomic E-state index is -2.97. The zero-order chi connectivity index (χ0) is 103. The summed E-state index contributed by atoms with van der Waals surface area (Å²) in [4.78, 5) is 313. The summed E-state index contributed by atoms with van der Waals surface area (Å²) in [6, 6.07) is -7.52. The summed E-state index contributed by atoms with van der Waals surface area (Å²) in [5, 5.41) is 86.5. The molecule has 0 radical (unpaired) electrons. The van der Waals surface area contributed by atoms with Gasteiger partial charge in [-0.1, -0.05) is 119 Å². The van der Waals surface area contributed by atoms with Gasteiger partial charge in [-0.25, -0.2) is 4.79 Å². The van der Waals surface area contributed by atoms with Crippen LogP contribution in [0.1, 0.15) is 115 Å². The largest absolute Gasteiger partial charge is 0.479 e. The molecule has 8 rings (SSSR count). The van der Waals surface area contributed by atoms with E-state index in [1.807, 2.05) is 10.6 Å². The number of hydrogen-bond donors (Lipinski definition) is 26. The van der Waals surface area contributed by atoms with Gasteiger partial charge in [0.1, 0.15) is 90.6 Å². The van der Waals surface area contributed by atoms with Gasteiger partial charge in [0.05, 0.1) is 31.6 Å². The predicted octanol–water partition coefficient (Wildman–Crippen LogP) is -9.99. The van der Waals surface area contributed by atoms with Gasteiger partial charge >= 0.3 is 5.97 Å². The van der Waals surface area contributed by atoms with Crippen LogP contribution in [0.3, 0.4) is 0 Å². The molecule has 5 heterocycles. The zero-order valence-electron chi connectivity index (χ0n) is 77.7. The van der Waals surface area contributed by atoms with Crippen molar-refractivity contribution in [3.8, 4) is 0 Å². The third kappa shape index (κ3) is 35.3. The molecule has 0 saturated carbocycles. The number of hydrogen-bond acceptors (Lipinski definition) is 30. The highest BCUT2D eigenvalue weighted by Gasteiger charge is 2.45. The molecule has 5 fully saturated rings. The normalized spacial score (nSPS) is 28.4. The lowest BCUT2D eigenvalue weighted by Crippen LogP contribution is -2.64. The number of carboxylic acids is 1. The van der Waals surface area contributed by atoms with Gasteiger partial charge in [0, 0.05) is 72.3 Å². The lowest BCUT2D eigenvalue weighted by atomic mass is 10.00. The Balaban J connectivity index is 1.42. The maximum Gasteiger partial charge on any atom is 0.335 e. The minimum absolute atomic E-state index is 0.0129. The number of rotatable bonds is 19. The number of carboxylic acid groups (broad SMARTS) is 1. The van der Waals surface area contributed by atoms with E-state index in [4.69, 9.17) is 22.9 Å². The number of carbonyl (C=O) groups excluding carboxylic acids is 20. The second-order valence-electron chi connectivity index (χ2n) is 34.8. The van der Waals surface area contributed by atoms with Crippen molar-refractivity contribution in [3.63, 3.8) is 0 Å². The Bertz CT molecular complexity index is 4890. The maximum absolute atomic E-state index is 16.1. The van der Waals surface area contributed by atoms with Crippen molar-refractivity contribution in [1.29, 1.82) is 0 Å². The standard InChI is InChI=1S/C89H127N23O25S3/c1-44(2)67-85(131)107-60-42-138-41-59-80(126)106-61-43-140-46(4)69(87(133)103-56(76(122)108-67)35-49-23-12-7-13-24-49)109-77(123)55(34-48-21-10-6-11-22-48)102-83(129)62-27-18-32-112(62)66(116)39-96-73(119)54(33-47-19-8-5-9-20-47)101-79(125)58(104-81(61)127)37-94-31-17-15-26-53(88(134)135)100-86(132)68(110-78(124)57(36-64(93)114)97-65(115)38-95-84(130)70(111-82(60)128)71(117)89(136)137)45(3)139-40-50(91)72(118)98-51(25-14-16-30-90)74(120)99-52(75(121)105-59)28-29-63(92)113/h5-13,19-24,44-46,50-62,67-71,88,94,117,134-135H,14-18,25-43,90-91H2,1-4H3,(H2,92,113)(H2,93,114)(H,95,130)(H,96,119)(H,97,115)(H,98,118)(H,99,120)(H,100,132)(H,101,125)(H,102,129)(H,103,133)(H,104,127)(H,105,121)(H,106,126)(H,107,131)(H,108,122)(H,109,123)(H,110,124)(H,111,128)(H,136,137). The van der Waals surface area contributed by atoms with E-state index >= 15 is 52.7 Å². The lowest BCUT2D eigenvalue weighted by molar-refractivity contribution is -0.152. The Labute approximate surface area is 818 Å². The molecule has 0 aromatic heterocycles. The third-order valence-electron chi connectivity index (χ3n) is 23.6. The van der Waals surface area contributed by atoms with E-state index in [0.29, 0.717) is 40.2 Å². The van der Waals surface area contributed by atoms with Gasteiger partial charge in [0.15, 0.2) is 12.4 Å². The van der Waals surface area contributed by atoms with Crippen LogP contribution >= 0.6 is 35.3 Å². The van der Waals surface area contributed by atoms with Crippen molar-refractivity contribution in [2.24, 2.45) is 28.9 Å². The molecule has 766 valence electrons. The van der Waals surface area contributed by atoms with E-state index in [1.165, 1.54) is 32.6 Å². The van der Waals surface area contributed by atoms with Gasteiger partial charge in [-0.15, -0.1) is 0 Å². The molecular weight excluding hydrogens is 1890 g/mol. The van der Waals surface area contributed by atoms with Crippen LogP contribution in [0.5, 0.6) is 0 Å². The first kappa shape index (κ1) is 113. The number of nitrogens with zero attached hydrogens (tertiary/aromatic N) is 1. The van der Waals surface area contributed by atoms with E-state index in [0.717, 1.165) is 11.8 Å². The fourth-order valence-electron chi connectivity index (χ4n) is 15.6. The number of amides is 20. The molecule has 30 N–H and O–H groups in total. The van der Waals surface area contributed by atoms with E-state index < -0.39 is 318 Å². The number of nitrogens with two attached hydrogens (primary N) is 4. The summed E-state index contributed by atoms with van der Waals surface area (Å²) >= 11 is 1.90. The first-order chi connectivity index (χ1) is 66.6. The van der Waals surface area contributed by atoms with Crippen LogP contribution in [0, 0.1) is 5.92 Å². The fraction of sp³-hybridized carbons (Fsp3) is 0.562. The molecule has 0 aliphatic carbocycles. The molecule has 51 heteroatoms. The molecule has 20 amide bonds. The van der Waals surface area contributed by atoms with E-state index in [2.05, 4.69) is 85.1 Å². The highest BCUT2D eigenvalue weighted by Crippen LogP contribution is 2.24. The monoisotopic (exact) mass is 2010 g/mol. The fourth-order valence-corrected chi connectivity index (χ4v) is 18.9. The average Bonchev–Trinajstić information content (AvgIpc) is 1.83. The average molecular weight is 2020 g/mol. The first-order valence-electron chi connectivity index (χ1n) is 45.9. The molecule has 48 nitrogen and oxygen atoms in total. The van der Waals surface area contributed by atoms with Crippen LogP contribution < -0.4 is 119 Å². The van der Waals surface area contributed by atoms with E-state index in [1.54, 1.807) is 91.0 Å². The van der Waals surface area contributed by atoms with Crippen LogP contribution in [-0.4, -0.2) is 337 Å². The number of nitrogens with one attached hydrogen (secondary N) is 18. The molecule has 6 bridgehead atoms. The SMILES string of the molecule is CC(C)C1NC(=O)C(Cc2ccccc2)NC(=O)C2NC(=O)C(Cc3ccccc3)NC(=O)C3CCCN3C(=O)CNC(=O)C(Cc3ccccc3)NC(=O)C3CNCCCCC(C(O)O)NC(=O)C4NC(=O)C(CC(N)=O)NC(=O)CNC(=O)C(C(O)C(=O)O)NC(=O)C(CSCC(NC(=O)C(CCC(N)=O)NC(=O)C(CCCCN)NC(=O)C(N)CSC4C)C(=O)NC(CSC2C)C(=O)N3)NC1=O. The number of fused-ring (bicyclic) bond motifs is 22. The number of primary amides is 2. The predicted molar refractivity (Wildman–Crippen MR) is 508 cm³/mol. The number of aliphatic hydroxyl groups is 3. The second-order valence-corrected chi connectivity index (χ2v) is 38.7. The van der Waals surface area contributed by atoms with Crippen molar-refractivity contribution in [2.75, 3.05) is 62.3 Å². The van der Waals surface area contributed by atoms with E-state index in [-0.39, 0.29) is 90.3 Å². The van der Waals surface area contributed by atoms with Gasteiger partial charge in [-0.05, 0) is 93.5 Å². The first-order valence-corrected chi connectivity index (χ1v) is 49.2. The Hall–Kier alpha value is -12.7. The van der Waals surface area contributed by atoms with Gasteiger partial charge in [0.25, 0.3) is 0 Å². The summed E-state index contributed by atoms with van der Waals surface area (Å²) in [6.45, 7) is 2.80. The molecule has 3 aromatic rings. The maximum atomic E-state index is 16.1. The Morgan fingerprint density at radius 2 is 0.893 bits per heavy atom.